The third kappa shape index (κ3) is 2.77. The van der Waals surface area contributed by atoms with Crippen LogP contribution in [0.4, 0.5) is 0 Å². The molecule has 56 valence electrons. The number of carboxylic acid groups (broad SMARTS) is 1. The molecule has 0 radical (unpaired) electrons. The smallest absolute Gasteiger partial charge is 0.545 e. The molecule has 0 amide bonds. The zero-order valence-electron chi connectivity index (χ0n) is 6.61. The Bertz CT molecular complexity index is 279. The van der Waals surface area contributed by atoms with E-state index in [-0.39, 0.29) is 35.1 Å². The first kappa shape index (κ1) is 11.4. The van der Waals surface area contributed by atoms with E-state index in [1.54, 1.807) is 0 Å². The molecule has 0 saturated carbocycles. The van der Waals surface area contributed by atoms with Gasteiger partial charge in [0.1, 0.15) is 6.29 Å². The predicted octanol–water partition coefficient (Wildman–Crippen LogP) is -3.13. The zero-order chi connectivity index (χ0) is 8.27. The van der Waals surface area contributed by atoms with Crippen molar-refractivity contribution in [2.24, 2.45) is 0 Å². The molecule has 4 heteroatoms. The van der Waals surface area contributed by atoms with Gasteiger partial charge in [0, 0.05) is 5.56 Å². The minimum Gasteiger partial charge on any atom is -0.545 e. The number of carboxylic acids is 1. The Morgan fingerprint density at radius 1 is 1.25 bits per heavy atom. The van der Waals surface area contributed by atoms with E-state index in [9.17, 15) is 14.7 Å². The molecule has 0 aliphatic carbocycles. The monoisotopic (exact) mass is 172 g/mol. The summed E-state index contributed by atoms with van der Waals surface area (Å²) in [5.74, 6) is -1.23. The van der Waals surface area contributed by atoms with E-state index in [1.807, 2.05) is 0 Å². The summed E-state index contributed by atoms with van der Waals surface area (Å²) in [4.78, 5) is 20.3. The van der Waals surface area contributed by atoms with Crippen LogP contribution in [-0.4, -0.2) is 12.3 Å². The summed E-state index contributed by atoms with van der Waals surface area (Å²) < 4.78 is 0. The Hall–Kier alpha value is -0.640. The molecule has 0 bridgehead atoms. The van der Waals surface area contributed by atoms with Crippen molar-refractivity contribution in [3.63, 3.8) is 0 Å². The molecule has 0 unspecified atom stereocenters. The summed E-state index contributed by atoms with van der Waals surface area (Å²) in [6.07, 6.45) is 0.652. The molecule has 0 aliphatic heterocycles. The average molecular weight is 172 g/mol. The van der Waals surface area contributed by atoms with Crippen LogP contribution in [0.3, 0.4) is 0 Å². The number of benzene rings is 1. The third-order valence-corrected chi connectivity index (χ3v) is 1.28. The second-order valence-corrected chi connectivity index (χ2v) is 2.03. The number of aromatic carboxylic acids is 1. The first-order valence-electron chi connectivity index (χ1n) is 3.00. The van der Waals surface area contributed by atoms with Gasteiger partial charge >= 0.3 is 29.6 Å². The van der Waals surface area contributed by atoms with Gasteiger partial charge in [-0.2, -0.15) is 0 Å². The molecular weight excluding hydrogens is 167 g/mol. The second kappa shape index (κ2) is 5.09. The topological polar surface area (TPSA) is 57.2 Å². The maximum atomic E-state index is 10.2. The Kier molecular flexibility index (Phi) is 4.81. The average Bonchev–Trinajstić information content (AvgIpc) is 2.05. The molecule has 1 aromatic rings. The van der Waals surface area contributed by atoms with E-state index in [4.69, 9.17) is 0 Å². The van der Waals surface area contributed by atoms with Gasteiger partial charge < -0.3 is 9.90 Å². The molecule has 0 aromatic heterocycles. The standard InChI is InChI=1S/C8H6O3.Na/c9-5-6-1-3-7(4-2-6)8(10)11;/h1-5H,(H,10,11);/q;+1/p-1. The molecule has 0 aliphatic rings. The summed E-state index contributed by atoms with van der Waals surface area (Å²) in [7, 11) is 0. The van der Waals surface area contributed by atoms with E-state index < -0.39 is 5.97 Å². The molecule has 0 heterocycles. The second-order valence-electron chi connectivity index (χ2n) is 2.03. The van der Waals surface area contributed by atoms with Crippen LogP contribution in [0, 0.1) is 0 Å². The fraction of sp³-hybridized carbons (Fsp3) is 0. The van der Waals surface area contributed by atoms with Crippen LogP contribution in [0.5, 0.6) is 0 Å². The zero-order valence-corrected chi connectivity index (χ0v) is 8.61. The van der Waals surface area contributed by atoms with Crippen molar-refractivity contribution in [2.75, 3.05) is 0 Å². The number of hydrogen-bond donors (Lipinski definition) is 0. The molecule has 0 saturated heterocycles. The van der Waals surface area contributed by atoms with Crippen LogP contribution in [0.25, 0.3) is 0 Å². The van der Waals surface area contributed by atoms with E-state index in [1.165, 1.54) is 24.3 Å². The first-order valence-corrected chi connectivity index (χ1v) is 3.00. The Morgan fingerprint density at radius 3 is 2.08 bits per heavy atom. The number of carbonyl (C=O) groups excluding carboxylic acids is 2. The van der Waals surface area contributed by atoms with E-state index in [0.717, 1.165) is 0 Å². The van der Waals surface area contributed by atoms with Gasteiger partial charge in [-0.25, -0.2) is 0 Å². The fourth-order valence-electron chi connectivity index (χ4n) is 0.698. The van der Waals surface area contributed by atoms with Crippen molar-refractivity contribution in [1.29, 1.82) is 0 Å². The molecule has 3 nitrogen and oxygen atoms in total. The third-order valence-electron chi connectivity index (χ3n) is 1.28. The summed E-state index contributed by atoms with van der Waals surface area (Å²) >= 11 is 0. The van der Waals surface area contributed by atoms with E-state index in [0.29, 0.717) is 11.8 Å². The van der Waals surface area contributed by atoms with Crippen molar-refractivity contribution >= 4 is 12.3 Å². The van der Waals surface area contributed by atoms with Gasteiger partial charge in [0.25, 0.3) is 0 Å². The minimum absolute atomic E-state index is 0. The Labute approximate surface area is 91.7 Å². The quantitative estimate of drug-likeness (QED) is 0.350. The first-order chi connectivity index (χ1) is 5.24. The van der Waals surface area contributed by atoms with Crippen LogP contribution >= 0.6 is 0 Å². The molecule has 1 aromatic carbocycles. The number of rotatable bonds is 2. The maximum Gasteiger partial charge on any atom is 1.00 e. The van der Waals surface area contributed by atoms with E-state index in [2.05, 4.69) is 0 Å². The maximum absolute atomic E-state index is 10.2. The van der Waals surface area contributed by atoms with Crippen molar-refractivity contribution < 1.29 is 44.3 Å². The number of hydrogen-bond acceptors (Lipinski definition) is 3. The summed E-state index contributed by atoms with van der Waals surface area (Å²) in [6, 6.07) is 5.52. The van der Waals surface area contributed by atoms with E-state index >= 15 is 0 Å². The van der Waals surface area contributed by atoms with Crippen molar-refractivity contribution in [3.05, 3.63) is 35.4 Å². The minimum atomic E-state index is -1.23. The fourth-order valence-corrected chi connectivity index (χ4v) is 0.698. The van der Waals surface area contributed by atoms with Crippen LogP contribution in [0.2, 0.25) is 0 Å². The Morgan fingerprint density at radius 2 is 1.75 bits per heavy atom. The molecule has 0 N–H and O–H groups in total. The van der Waals surface area contributed by atoms with Gasteiger partial charge in [-0.15, -0.1) is 0 Å². The molecule has 0 spiro atoms. The van der Waals surface area contributed by atoms with Gasteiger partial charge in [0.05, 0.1) is 5.97 Å². The molecule has 0 fully saturated rings. The van der Waals surface area contributed by atoms with Gasteiger partial charge in [-0.1, -0.05) is 24.3 Å². The van der Waals surface area contributed by atoms with Crippen LogP contribution in [0.1, 0.15) is 20.7 Å². The molecule has 0 atom stereocenters. The van der Waals surface area contributed by atoms with Gasteiger partial charge in [-0.3, -0.25) is 4.79 Å². The SMILES string of the molecule is O=Cc1ccc(C(=O)[O-])cc1.[Na+]. The van der Waals surface area contributed by atoms with Gasteiger partial charge in [-0.05, 0) is 5.56 Å². The van der Waals surface area contributed by atoms with Gasteiger partial charge in [0.2, 0.25) is 0 Å². The molecule has 12 heavy (non-hydrogen) atoms. The molecular formula is C8H5NaO3. The Balaban J connectivity index is 0.00000121. The largest absolute Gasteiger partial charge is 1.00 e. The van der Waals surface area contributed by atoms with Crippen LogP contribution in [0.15, 0.2) is 24.3 Å². The number of carbonyl (C=O) groups is 2. The molecule has 1 rings (SSSR count). The number of aldehydes is 1. The van der Waals surface area contributed by atoms with Crippen LogP contribution < -0.4 is 34.7 Å². The summed E-state index contributed by atoms with van der Waals surface area (Å²) in [5, 5.41) is 10.2. The summed E-state index contributed by atoms with van der Waals surface area (Å²) in [5.41, 5.74) is 0.533. The van der Waals surface area contributed by atoms with Crippen LogP contribution in [-0.2, 0) is 0 Å². The summed E-state index contributed by atoms with van der Waals surface area (Å²) in [6.45, 7) is 0. The van der Waals surface area contributed by atoms with Crippen molar-refractivity contribution in [1.82, 2.24) is 0 Å². The predicted molar refractivity (Wildman–Crippen MR) is 36.2 cm³/mol. The van der Waals surface area contributed by atoms with Crippen molar-refractivity contribution in [3.8, 4) is 0 Å². The normalized spacial score (nSPS) is 8.33. The van der Waals surface area contributed by atoms with Gasteiger partial charge in [0.15, 0.2) is 0 Å². The van der Waals surface area contributed by atoms with Crippen molar-refractivity contribution in [2.45, 2.75) is 0 Å².